The summed E-state index contributed by atoms with van der Waals surface area (Å²) in [5, 5.41) is 14.9. The number of anilines is 1. The first kappa shape index (κ1) is 37.8. The van der Waals surface area contributed by atoms with Gasteiger partial charge in [-0.2, -0.15) is 4.31 Å². The van der Waals surface area contributed by atoms with Crippen LogP contribution in [0.4, 0.5) is 10.5 Å². The maximum absolute atomic E-state index is 14.1. The minimum atomic E-state index is -4.13. The van der Waals surface area contributed by atoms with Gasteiger partial charge < -0.3 is 21.1 Å². The van der Waals surface area contributed by atoms with Crippen LogP contribution in [0.1, 0.15) is 44.4 Å². The van der Waals surface area contributed by atoms with Gasteiger partial charge in [0, 0.05) is 13.1 Å². The van der Waals surface area contributed by atoms with E-state index in [0.717, 1.165) is 21.6 Å². The molecule has 1 heterocycles. The van der Waals surface area contributed by atoms with Crippen LogP contribution in [-0.2, 0) is 32.6 Å². The quantitative estimate of drug-likeness (QED) is 0.156. The number of nitrogen functional groups attached to an aromatic ring is 1. The third-order valence-electron chi connectivity index (χ3n) is 8.40. The van der Waals surface area contributed by atoms with Crippen molar-refractivity contribution in [3.8, 4) is 0 Å². The second kappa shape index (κ2) is 16.2. The summed E-state index contributed by atoms with van der Waals surface area (Å²) in [5.41, 5.74) is 8.61. The number of nitrogens with one attached hydrogen (secondary N) is 1. The van der Waals surface area contributed by atoms with Crippen LogP contribution >= 0.6 is 11.6 Å². The molecule has 3 atom stereocenters. The van der Waals surface area contributed by atoms with Gasteiger partial charge in [0.05, 0.1) is 34.3 Å². The lowest BCUT2D eigenvalue weighted by molar-refractivity contribution is -0.129. The number of urea groups is 1. The standard InChI is InChI=1S/C36H46ClN5O6S/c1-23(2)19-40(49(47,48)28-14-15-29(37)30(38)18-28)21-32(43)31(17-26-11-7-6-8-12-26)39-35(45)34(24(3)4)42-22-33(44)41(36(42)46)20-27-13-9-10-25(5)16-27/h6-16,18,23-24,31-32,34,43H,17,19-22,38H2,1-5H3,(H,39,45)/t31-,32+,34-/m0/s1. The van der Waals surface area contributed by atoms with Crippen molar-refractivity contribution in [3.63, 3.8) is 0 Å². The van der Waals surface area contributed by atoms with Gasteiger partial charge in [0.25, 0.3) is 5.91 Å². The van der Waals surface area contributed by atoms with Crippen LogP contribution in [0.3, 0.4) is 0 Å². The van der Waals surface area contributed by atoms with Gasteiger partial charge in [-0.15, -0.1) is 0 Å². The fraction of sp³-hybridized carbons (Fsp3) is 0.417. The zero-order valence-corrected chi connectivity index (χ0v) is 30.1. The zero-order chi connectivity index (χ0) is 36.0. The first-order valence-corrected chi connectivity index (χ1v) is 18.1. The summed E-state index contributed by atoms with van der Waals surface area (Å²) >= 11 is 6.05. The highest BCUT2D eigenvalue weighted by atomic mass is 35.5. The average Bonchev–Trinajstić information content (AvgIpc) is 3.29. The van der Waals surface area contributed by atoms with Crippen molar-refractivity contribution >= 4 is 45.2 Å². The maximum Gasteiger partial charge on any atom is 0.328 e. The maximum atomic E-state index is 14.1. The first-order valence-electron chi connectivity index (χ1n) is 16.3. The molecule has 0 aliphatic carbocycles. The molecule has 13 heteroatoms. The number of nitrogens with two attached hydrogens (primary N) is 1. The van der Waals surface area contributed by atoms with E-state index >= 15 is 0 Å². The predicted octanol–water partition coefficient (Wildman–Crippen LogP) is 4.45. The number of aliphatic hydroxyl groups excluding tert-OH is 1. The first-order chi connectivity index (χ1) is 23.1. The highest BCUT2D eigenvalue weighted by Gasteiger charge is 2.44. The van der Waals surface area contributed by atoms with Crippen molar-refractivity contribution in [2.24, 2.45) is 11.8 Å². The van der Waals surface area contributed by atoms with E-state index in [9.17, 15) is 27.9 Å². The zero-order valence-electron chi connectivity index (χ0n) is 28.5. The number of imide groups is 1. The molecule has 0 aromatic heterocycles. The molecule has 4 N–H and O–H groups in total. The molecule has 1 saturated heterocycles. The van der Waals surface area contributed by atoms with Crippen LogP contribution < -0.4 is 11.1 Å². The molecule has 0 spiro atoms. The Kier molecular flexibility index (Phi) is 12.5. The molecule has 0 bridgehead atoms. The minimum absolute atomic E-state index is 0.0711. The number of aryl methyl sites for hydroxylation is 1. The molecular weight excluding hydrogens is 666 g/mol. The molecule has 3 aromatic carbocycles. The fourth-order valence-corrected chi connectivity index (χ4v) is 7.77. The lowest BCUT2D eigenvalue weighted by Crippen LogP contribution is -2.57. The van der Waals surface area contributed by atoms with Gasteiger partial charge in [-0.25, -0.2) is 13.2 Å². The Labute approximate surface area is 294 Å². The van der Waals surface area contributed by atoms with E-state index in [0.29, 0.717) is 0 Å². The summed E-state index contributed by atoms with van der Waals surface area (Å²) in [7, 11) is -4.13. The molecule has 0 radical (unpaired) electrons. The predicted molar refractivity (Wildman–Crippen MR) is 190 cm³/mol. The molecule has 4 amide bonds. The van der Waals surface area contributed by atoms with Crippen molar-refractivity contribution in [1.82, 2.24) is 19.4 Å². The lowest BCUT2D eigenvalue weighted by atomic mass is 9.97. The highest BCUT2D eigenvalue weighted by Crippen LogP contribution is 2.26. The SMILES string of the molecule is Cc1cccc(CN2C(=O)CN([C@H](C(=O)N[C@@H](Cc3ccccc3)[C@H](O)CN(CC(C)C)S(=O)(=O)c3ccc(Cl)c(N)c3)C(C)C)C2=O)c1. The number of aliphatic hydroxyl groups is 1. The van der Waals surface area contributed by atoms with Crippen LogP contribution in [0.2, 0.25) is 5.02 Å². The van der Waals surface area contributed by atoms with Crippen LogP contribution in [0.15, 0.2) is 77.7 Å². The third kappa shape index (κ3) is 9.39. The van der Waals surface area contributed by atoms with E-state index in [-0.39, 0.29) is 54.1 Å². The monoisotopic (exact) mass is 711 g/mol. The Morgan fingerprint density at radius 2 is 1.65 bits per heavy atom. The Morgan fingerprint density at radius 3 is 2.27 bits per heavy atom. The topological polar surface area (TPSA) is 153 Å². The van der Waals surface area contributed by atoms with Gasteiger partial charge in [-0.1, -0.05) is 99.5 Å². The average molecular weight is 712 g/mol. The molecule has 4 rings (SSSR count). The van der Waals surface area contributed by atoms with Gasteiger partial charge >= 0.3 is 6.03 Å². The molecule has 49 heavy (non-hydrogen) atoms. The second-order valence-electron chi connectivity index (χ2n) is 13.3. The van der Waals surface area contributed by atoms with Crippen molar-refractivity contribution in [2.75, 3.05) is 25.4 Å². The van der Waals surface area contributed by atoms with Crippen molar-refractivity contribution < 1.29 is 27.9 Å². The Bertz CT molecular complexity index is 1750. The number of benzene rings is 3. The van der Waals surface area contributed by atoms with E-state index in [1.165, 1.54) is 27.4 Å². The van der Waals surface area contributed by atoms with Gasteiger partial charge in [0.2, 0.25) is 15.9 Å². The van der Waals surface area contributed by atoms with Crippen LogP contribution in [0.25, 0.3) is 0 Å². The van der Waals surface area contributed by atoms with E-state index in [1.54, 1.807) is 13.8 Å². The molecule has 3 aromatic rings. The molecule has 0 unspecified atom stereocenters. The van der Waals surface area contributed by atoms with Gasteiger partial charge in [0.15, 0.2) is 0 Å². The molecular formula is C36H46ClN5O6S. The Balaban J connectivity index is 1.60. The van der Waals surface area contributed by atoms with E-state index in [1.807, 2.05) is 75.4 Å². The van der Waals surface area contributed by atoms with Gasteiger partial charge in [0.1, 0.15) is 12.6 Å². The summed E-state index contributed by atoms with van der Waals surface area (Å²) in [5.74, 6) is -1.46. The number of hydrogen-bond acceptors (Lipinski definition) is 7. The number of amides is 4. The molecule has 0 saturated carbocycles. The summed E-state index contributed by atoms with van der Waals surface area (Å²) in [6, 6.07) is 18.2. The van der Waals surface area contributed by atoms with Crippen LogP contribution in [0, 0.1) is 18.8 Å². The number of nitrogens with zero attached hydrogens (tertiary/aromatic N) is 3. The highest BCUT2D eigenvalue weighted by molar-refractivity contribution is 7.89. The molecule has 11 nitrogen and oxygen atoms in total. The molecule has 1 aliphatic heterocycles. The van der Waals surface area contributed by atoms with Crippen LogP contribution in [-0.4, -0.2) is 83.3 Å². The largest absolute Gasteiger partial charge is 0.397 e. The van der Waals surface area contributed by atoms with Crippen LogP contribution in [0.5, 0.6) is 0 Å². The number of halogens is 1. The van der Waals surface area contributed by atoms with Crippen molar-refractivity contribution in [3.05, 3.63) is 94.5 Å². The summed E-state index contributed by atoms with van der Waals surface area (Å²) in [4.78, 5) is 43.1. The lowest BCUT2D eigenvalue weighted by Gasteiger charge is -2.34. The Hall–Kier alpha value is -3.97. The molecule has 1 fully saturated rings. The van der Waals surface area contributed by atoms with Gasteiger partial charge in [-0.3, -0.25) is 14.5 Å². The van der Waals surface area contributed by atoms with E-state index in [2.05, 4.69) is 5.32 Å². The molecule has 1 aliphatic rings. The second-order valence-corrected chi connectivity index (χ2v) is 15.7. The summed E-state index contributed by atoms with van der Waals surface area (Å²) < 4.78 is 28.9. The number of rotatable bonds is 15. The number of sulfonamides is 1. The fourth-order valence-electron chi connectivity index (χ4n) is 6.00. The van der Waals surface area contributed by atoms with Crippen molar-refractivity contribution in [2.45, 2.75) is 70.7 Å². The third-order valence-corrected chi connectivity index (χ3v) is 10.6. The normalized spacial score (nSPS) is 15.7. The number of carbonyl (C=O) groups excluding carboxylic acids is 3. The summed E-state index contributed by atoms with van der Waals surface area (Å²) in [6.07, 6.45) is -1.18. The van der Waals surface area contributed by atoms with E-state index < -0.39 is 52.0 Å². The number of hydrogen-bond donors (Lipinski definition) is 3. The minimum Gasteiger partial charge on any atom is -0.397 e. The van der Waals surface area contributed by atoms with Crippen molar-refractivity contribution in [1.29, 1.82) is 0 Å². The van der Waals surface area contributed by atoms with E-state index in [4.69, 9.17) is 17.3 Å². The smallest absolute Gasteiger partial charge is 0.328 e. The van der Waals surface area contributed by atoms with Gasteiger partial charge in [-0.05, 0) is 54.5 Å². The molecule has 264 valence electrons. The Morgan fingerprint density at radius 1 is 0.980 bits per heavy atom. The number of carbonyl (C=O) groups is 3. The summed E-state index contributed by atoms with van der Waals surface area (Å²) in [6.45, 7) is 8.77.